The van der Waals surface area contributed by atoms with Crippen molar-refractivity contribution in [3.63, 3.8) is 0 Å². The highest BCUT2D eigenvalue weighted by Crippen LogP contribution is 2.23. The fourth-order valence-electron chi connectivity index (χ4n) is 1.59. The molecule has 1 aromatic carbocycles. The number of rotatable bonds is 4. The van der Waals surface area contributed by atoms with E-state index < -0.39 is 5.97 Å². The van der Waals surface area contributed by atoms with Crippen LogP contribution in [0.15, 0.2) is 23.8 Å². The Hall–Kier alpha value is -1.77. The minimum atomic E-state index is -0.941. The first-order valence-electron chi connectivity index (χ1n) is 5.51. The van der Waals surface area contributed by atoms with Gasteiger partial charge in [-0.1, -0.05) is 6.07 Å². The van der Waals surface area contributed by atoms with Crippen molar-refractivity contribution in [2.24, 2.45) is 0 Å². The van der Waals surface area contributed by atoms with Gasteiger partial charge in [0, 0.05) is 6.08 Å². The van der Waals surface area contributed by atoms with Crippen LogP contribution < -0.4 is 4.74 Å². The molecular formula is C14H18O3. The number of hydrogen-bond acceptors (Lipinski definition) is 2. The zero-order valence-corrected chi connectivity index (χ0v) is 10.7. The zero-order chi connectivity index (χ0) is 13.0. The lowest BCUT2D eigenvalue weighted by molar-refractivity contribution is -0.131. The molecule has 0 saturated heterocycles. The molecule has 3 nitrogen and oxygen atoms in total. The summed E-state index contributed by atoms with van der Waals surface area (Å²) in [5.41, 5.74) is 4.11. The molecule has 1 N–H and O–H groups in total. The number of hydrogen-bond donors (Lipinski definition) is 1. The summed E-state index contributed by atoms with van der Waals surface area (Å²) in [6, 6.07) is 4.07. The Balaban J connectivity index is 2.79. The maximum Gasteiger partial charge on any atom is 0.328 e. The second-order valence-corrected chi connectivity index (χ2v) is 4.32. The molecule has 0 spiro atoms. The number of carboxylic acid groups (broad SMARTS) is 1. The molecule has 0 aliphatic heterocycles. The van der Waals surface area contributed by atoms with Gasteiger partial charge in [-0.2, -0.15) is 0 Å². The molecule has 0 atom stereocenters. The van der Waals surface area contributed by atoms with Crippen LogP contribution in [-0.4, -0.2) is 17.7 Å². The van der Waals surface area contributed by atoms with Crippen LogP contribution in [0.3, 0.4) is 0 Å². The minimum absolute atomic E-state index is 0.302. The molecule has 1 rings (SSSR count). The van der Waals surface area contributed by atoms with E-state index in [2.05, 4.69) is 6.07 Å². The van der Waals surface area contributed by atoms with Crippen LogP contribution in [0.1, 0.15) is 23.6 Å². The van der Waals surface area contributed by atoms with Crippen molar-refractivity contribution in [2.75, 3.05) is 6.61 Å². The van der Waals surface area contributed by atoms with Gasteiger partial charge in [-0.25, -0.2) is 4.79 Å². The first-order valence-corrected chi connectivity index (χ1v) is 5.51. The highest BCUT2D eigenvalue weighted by atomic mass is 16.5. The molecule has 0 amide bonds. The number of carboxylic acids is 1. The molecule has 17 heavy (non-hydrogen) atoms. The number of ether oxygens (including phenoxy) is 1. The summed E-state index contributed by atoms with van der Waals surface area (Å²) in [7, 11) is 0. The van der Waals surface area contributed by atoms with E-state index in [1.807, 2.05) is 26.8 Å². The van der Waals surface area contributed by atoms with Crippen molar-refractivity contribution in [3.8, 4) is 5.75 Å². The van der Waals surface area contributed by atoms with E-state index in [0.717, 1.165) is 23.0 Å². The van der Waals surface area contributed by atoms with Crippen LogP contribution in [0, 0.1) is 20.8 Å². The lowest BCUT2D eigenvalue weighted by atomic mass is 10.1. The number of aliphatic carboxylic acids is 1. The highest BCUT2D eigenvalue weighted by molar-refractivity contribution is 5.80. The van der Waals surface area contributed by atoms with Crippen molar-refractivity contribution in [1.29, 1.82) is 0 Å². The van der Waals surface area contributed by atoms with E-state index in [-0.39, 0.29) is 0 Å². The summed E-state index contributed by atoms with van der Waals surface area (Å²) in [5.74, 6) is -0.121. The molecule has 0 aromatic heterocycles. The SMILES string of the molecule is CC(=CC(=O)O)COc1cc(C)cc(C)c1C. The van der Waals surface area contributed by atoms with Crippen LogP contribution in [0.25, 0.3) is 0 Å². The lowest BCUT2D eigenvalue weighted by Gasteiger charge is -2.12. The van der Waals surface area contributed by atoms with Gasteiger partial charge < -0.3 is 9.84 Å². The van der Waals surface area contributed by atoms with Gasteiger partial charge in [-0.3, -0.25) is 0 Å². The Bertz CT molecular complexity index is 459. The normalized spacial score (nSPS) is 11.4. The van der Waals surface area contributed by atoms with Crippen LogP contribution in [0.2, 0.25) is 0 Å². The summed E-state index contributed by atoms with van der Waals surface area (Å²) in [4.78, 5) is 10.5. The summed E-state index contributed by atoms with van der Waals surface area (Å²) >= 11 is 0. The predicted octanol–water partition coefficient (Wildman–Crippen LogP) is 3.02. The molecule has 0 bridgehead atoms. The maximum absolute atomic E-state index is 10.5. The van der Waals surface area contributed by atoms with Gasteiger partial charge in [0.25, 0.3) is 0 Å². The van der Waals surface area contributed by atoms with Gasteiger partial charge in [0.15, 0.2) is 0 Å². The van der Waals surface area contributed by atoms with Crippen molar-refractivity contribution in [2.45, 2.75) is 27.7 Å². The monoisotopic (exact) mass is 234 g/mol. The largest absolute Gasteiger partial charge is 0.489 e. The van der Waals surface area contributed by atoms with Crippen molar-refractivity contribution < 1.29 is 14.6 Å². The van der Waals surface area contributed by atoms with Crippen LogP contribution >= 0.6 is 0 Å². The average Bonchev–Trinajstić information content (AvgIpc) is 2.20. The van der Waals surface area contributed by atoms with E-state index in [0.29, 0.717) is 12.2 Å². The molecule has 92 valence electrons. The first-order chi connectivity index (χ1) is 7.90. The number of benzene rings is 1. The third-order valence-electron chi connectivity index (χ3n) is 2.59. The Morgan fingerprint density at radius 1 is 1.35 bits per heavy atom. The molecular weight excluding hydrogens is 216 g/mol. The second-order valence-electron chi connectivity index (χ2n) is 4.32. The minimum Gasteiger partial charge on any atom is -0.489 e. The molecule has 0 unspecified atom stereocenters. The van der Waals surface area contributed by atoms with E-state index in [9.17, 15) is 4.79 Å². The molecule has 3 heteroatoms. The zero-order valence-electron chi connectivity index (χ0n) is 10.7. The fraction of sp³-hybridized carbons (Fsp3) is 0.357. The van der Waals surface area contributed by atoms with E-state index in [4.69, 9.17) is 9.84 Å². The van der Waals surface area contributed by atoms with Gasteiger partial charge in [0.05, 0.1) is 0 Å². The first kappa shape index (κ1) is 13.3. The van der Waals surface area contributed by atoms with Crippen LogP contribution in [0.5, 0.6) is 5.75 Å². The van der Waals surface area contributed by atoms with Gasteiger partial charge in [-0.05, 0) is 56.0 Å². The van der Waals surface area contributed by atoms with Crippen LogP contribution in [0.4, 0.5) is 0 Å². The Labute approximate surface area is 102 Å². The third kappa shape index (κ3) is 3.94. The number of carbonyl (C=O) groups is 1. The predicted molar refractivity (Wildman–Crippen MR) is 67.5 cm³/mol. The molecule has 0 saturated carbocycles. The van der Waals surface area contributed by atoms with Crippen LogP contribution in [-0.2, 0) is 4.79 Å². The molecule has 0 aliphatic carbocycles. The maximum atomic E-state index is 10.5. The molecule has 0 aliphatic rings. The van der Waals surface area contributed by atoms with Crippen molar-refractivity contribution in [1.82, 2.24) is 0 Å². The molecule has 0 radical (unpaired) electrons. The quantitative estimate of drug-likeness (QED) is 0.814. The molecule has 1 aromatic rings. The summed E-state index contributed by atoms with van der Waals surface area (Å²) < 4.78 is 5.63. The van der Waals surface area contributed by atoms with Gasteiger partial charge >= 0.3 is 5.97 Å². The molecule has 0 fully saturated rings. The van der Waals surface area contributed by atoms with Crippen molar-refractivity contribution >= 4 is 5.97 Å². The fourth-order valence-corrected chi connectivity index (χ4v) is 1.59. The van der Waals surface area contributed by atoms with E-state index in [1.165, 1.54) is 5.56 Å². The van der Waals surface area contributed by atoms with E-state index in [1.54, 1.807) is 6.92 Å². The topological polar surface area (TPSA) is 46.5 Å². The smallest absolute Gasteiger partial charge is 0.328 e. The number of aryl methyl sites for hydroxylation is 2. The summed E-state index contributed by atoms with van der Waals surface area (Å²) in [6.45, 7) is 8.09. The third-order valence-corrected chi connectivity index (χ3v) is 2.59. The Morgan fingerprint density at radius 3 is 2.59 bits per heavy atom. The standard InChI is InChI=1S/C14H18O3/c1-9-5-11(3)12(4)13(6-9)17-8-10(2)7-14(15)16/h5-7H,8H2,1-4H3,(H,15,16). The Kier molecular flexibility index (Phi) is 4.32. The van der Waals surface area contributed by atoms with Gasteiger partial charge in [0.1, 0.15) is 12.4 Å². The van der Waals surface area contributed by atoms with Gasteiger partial charge in [-0.15, -0.1) is 0 Å². The Morgan fingerprint density at radius 2 is 2.00 bits per heavy atom. The molecule has 0 heterocycles. The average molecular weight is 234 g/mol. The summed E-state index contributed by atoms with van der Waals surface area (Å²) in [5, 5.41) is 8.59. The summed E-state index contributed by atoms with van der Waals surface area (Å²) in [6.07, 6.45) is 1.16. The second kappa shape index (κ2) is 5.53. The lowest BCUT2D eigenvalue weighted by Crippen LogP contribution is -2.03. The highest BCUT2D eigenvalue weighted by Gasteiger charge is 2.04. The van der Waals surface area contributed by atoms with Crippen molar-refractivity contribution in [3.05, 3.63) is 40.5 Å². The van der Waals surface area contributed by atoms with Gasteiger partial charge in [0.2, 0.25) is 0 Å². The van der Waals surface area contributed by atoms with E-state index >= 15 is 0 Å².